The summed E-state index contributed by atoms with van der Waals surface area (Å²) in [6, 6.07) is 6.70. The molecule has 2 N–H and O–H groups in total. The van der Waals surface area contributed by atoms with Gasteiger partial charge >= 0.3 is 12.3 Å². The molecule has 2 aromatic heterocycles. The first-order chi connectivity index (χ1) is 15.0. The van der Waals surface area contributed by atoms with Crippen molar-refractivity contribution < 1.29 is 41.4 Å². The fraction of sp³-hybridized carbons (Fsp3) is 0.100. The van der Waals surface area contributed by atoms with E-state index in [1.165, 1.54) is 24.4 Å². The van der Waals surface area contributed by atoms with Gasteiger partial charge in [-0.2, -0.15) is 0 Å². The van der Waals surface area contributed by atoms with Crippen LogP contribution < -0.4 is 10.1 Å². The lowest BCUT2D eigenvalue weighted by molar-refractivity contribution is -0.275. The molecular weight excluding hydrogens is 441 g/mol. The molecule has 0 radical (unpaired) electrons. The average Bonchev–Trinajstić information content (AvgIpc) is 2.73. The van der Waals surface area contributed by atoms with E-state index in [-0.39, 0.29) is 17.0 Å². The Morgan fingerprint density at radius 2 is 1.72 bits per heavy atom. The maximum Gasteiger partial charge on any atom is 0.573 e. The first kappa shape index (κ1) is 22.6. The number of aromatic carboxylic acids is 1. The Hall–Kier alpha value is -4.09. The van der Waals surface area contributed by atoms with Crippen molar-refractivity contribution in [3.63, 3.8) is 0 Å². The molecule has 0 aliphatic rings. The highest BCUT2D eigenvalue weighted by atomic mass is 19.4. The Morgan fingerprint density at radius 3 is 2.34 bits per heavy atom. The number of carboxylic acids is 1. The van der Waals surface area contributed by atoms with Crippen LogP contribution in [0.25, 0.3) is 0 Å². The number of halogens is 5. The van der Waals surface area contributed by atoms with Crippen LogP contribution in [0.1, 0.15) is 38.3 Å². The highest BCUT2D eigenvalue weighted by Gasteiger charge is 2.33. The van der Waals surface area contributed by atoms with Gasteiger partial charge in [-0.05, 0) is 42.0 Å². The highest BCUT2D eigenvalue weighted by molar-refractivity contribution is 5.94. The van der Waals surface area contributed by atoms with E-state index in [4.69, 9.17) is 5.11 Å². The summed E-state index contributed by atoms with van der Waals surface area (Å²) in [5.41, 5.74) is -1.29. The molecule has 7 nitrogen and oxygen atoms in total. The predicted octanol–water partition coefficient (Wildman–Crippen LogP) is 3.87. The van der Waals surface area contributed by atoms with Crippen LogP contribution in [0.4, 0.5) is 22.0 Å². The number of hydrogen-bond acceptors (Lipinski definition) is 5. The molecule has 0 saturated heterocycles. The number of amides is 1. The van der Waals surface area contributed by atoms with Crippen LogP contribution in [0.2, 0.25) is 0 Å². The number of nitrogens with one attached hydrogen (secondary N) is 1. The van der Waals surface area contributed by atoms with Gasteiger partial charge in [0.25, 0.3) is 5.91 Å². The van der Waals surface area contributed by atoms with Crippen LogP contribution >= 0.6 is 0 Å². The van der Waals surface area contributed by atoms with E-state index in [2.05, 4.69) is 20.0 Å². The van der Waals surface area contributed by atoms with Crippen molar-refractivity contribution in [3.05, 3.63) is 89.0 Å². The van der Waals surface area contributed by atoms with Gasteiger partial charge in [-0.25, -0.2) is 18.6 Å². The van der Waals surface area contributed by atoms with Crippen LogP contribution in [0.5, 0.6) is 5.75 Å². The summed E-state index contributed by atoms with van der Waals surface area (Å²) >= 11 is 0. The molecule has 1 unspecified atom stereocenters. The third-order valence-corrected chi connectivity index (χ3v) is 4.05. The monoisotopic (exact) mass is 453 g/mol. The van der Waals surface area contributed by atoms with Gasteiger partial charge in [-0.1, -0.05) is 12.1 Å². The van der Waals surface area contributed by atoms with Crippen molar-refractivity contribution in [2.24, 2.45) is 0 Å². The lowest BCUT2D eigenvalue weighted by Crippen LogP contribution is -2.31. The Morgan fingerprint density at radius 1 is 1.00 bits per heavy atom. The number of pyridine rings is 2. The molecule has 12 heteroatoms. The van der Waals surface area contributed by atoms with Crippen molar-refractivity contribution >= 4 is 11.9 Å². The minimum Gasteiger partial charge on any atom is -0.477 e. The van der Waals surface area contributed by atoms with Crippen molar-refractivity contribution in [1.82, 2.24) is 15.3 Å². The molecular formula is C20H12F5N3O4. The number of hydrogen-bond donors (Lipinski definition) is 2. The fourth-order valence-corrected chi connectivity index (χ4v) is 2.71. The van der Waals surface area contributed by atoms with E-state index < -0.39 is 47.4 Å². The summed E-state index contributed by atoms with van der Waals surface area (Å²) in [6.07, 6.45) is -3.94. The highest BCUT2D eigenvalue weighted by Crippen LogP contribution is 2.30. The predicted molar refractivity (Wildman–Crippen MR) is 97.8 cm³/mol. The summed E-state index contributed by atoms with van der Waals surface area (Å²) in [4.78, 5) is 31.2. The van der Waals surface area contributed by atoms with Gasteiger partial charge in [0.15, 0.2) is 11.6 Å². The van der Waals surface area contributed by atoms with Crippen molar-refractivity contribution in [1.29, 1.82) is 0 Å². The van der Waals surface area contributed by atoms with Crippen molar-refractivity contribution in [3.8, 4) is 5.75 Å². The summed E-state index contributed by atoms with van der Waals surface area (Å²) in [5, 5.41) is 11.4. The fourth-order valence-electron chi connectivity index (χ4n) is 2.71. The smallest absolute Gasteiger partial charge is 0.477 e. The zero-order chi connectivity index (χ0) is 23.5. The first-order valence-electron chi connectivity index (χ1n) is 8.72. The maximum atomic E-state index is 14.4. The molecule has 0 aliphatic heterocycles. The molecule has 1 atom stereocenters. The van der Waals surface area contributed by atoms with E-state index in [1.54, 1.807) is 0 Å². The number of benzene rings is 1. The topological polar surface area (TPSA) is 101 Å². The summed E-state index contributed by atoms with van der Waals surface area (Å²) < 4.78 is 69.4. The average molecular weight is 453 g/mol. The minimum atomic E-state index is -5.14. The van der Waals surface area contributed by atoms with Gasteiger partial charge in [0.1, 0.15) is 22.9 Å². The Bertz CT molecular complexity index is 1170. The second-order valence-electron chi connectivity index (χ2n) is 6.23. The number of alkyl halides is 3. The SMILES string of the molecule is O=C(O)c1cccc(C(=O)NC(c2ccc(OC(F)(F)F)c(F)c2)c2ncccc2F)n1. The second kappa shape index (κ2) is 8.96. The third kappa shape index (κ3) is 5.33. The number of carbonyl (C=O) groups is 2. The van der Waals surface area contributed by atoms with E-state index in [1.807, 2.05) is 0 Å². The minimum absolute atomic E-state index is 0.155. The van der Waals surface area contributed by atoms with Gasteiger partial charge < -0.3 is 15.2 Å². The summed E-state index contributed by atoms with van der Waals surface area (Å²) in [6.45, 7) is 0. The molecule has 0 bridgehead atoms. The number of aromatic nitrogens is 2. The lowest BCUT2D eigenvalue weighted by atomic mass is 10.0. The molecule has 0 saturated carbocycles. The Balaban J connectivity index is 2.00. The van der Waals surface area contributed by atoms with Gasteiger partial charge in [-0.3, -0.25) is 9.78 Å². The van der Waals surface area contributed by atoms with E-state index in [0.717, 1.165) is 18.2 Å². The van der Waals surface area contributed by atoms with E-state index in [9.17, 15) is 31.5 Å². The van der Waals surface area contributed by atoms with Gasteiger partial charge in [0, 0.05) is 6.20 Å². The number of ether oxygens (including phenoxy) is 1. The quantitative estimate of drug-likeness (QED) is 0.550. The van der Waals surface area contributed by atoms with E-state index in [0.29, 0.717) is 12.1 Å². The molecule has 0 fully saturated rings. The number of carboxylic acid groups (broad SMARTS) is 1. The van der Waals surface area contributed by atoms with Gasteiger partial charge in [-0.15, -0.1) is 13.2 Å². The molecule has 3 rings (SSSR count). The Kier molecular flexibility index (Phi) is 6.32. The van der Waals surface area contributed by atoms with Crippen LogP contribution in [0.15, 0.2) is 54.7 Å². The molecule has 166 valence electrons. The van der Waals surface area contributed by atoms with E-state index >= 15 is 0 Å². The Labute approximate surface area is 176 Å². The summed E-state index contributed by atoms with van der Waals surface area (Å²) in [7, 11) is 0. The number of rotatable bonds is 6. The van der Waals surface area contributed by atoms with Crippen LogP contribution in [0, 0.1) is 11.6 Å². The lowest BCUT2D eigenvalue weighted by Gasteiger charge is -2.20. The third-order valence-electron chi connectivity index (χ3n) is 4.05. The zero-order valence-corrected chi connectivity index (χ0v) is 15.7. The standard InChI is InChI=1S/C20H12F5N3O4/c21-11-3-2-8-26-17(11)16(10-6-7-15(12(22)9-10)32-20(23,24)25)28-18(29)13-4-1-5-14(27-13)19(30)31/h1-9,16H,(H,28,29)(H,30,31). The molecule has 32 heavy (non-hydrogen) atoms. The molecule has 2 heterocycles. The first-order valence-corrected chi connectivity index (χ1v) is 8.72. The number of nitrogens with zero attached hydrogens (tertiary/aromatic N) is 2. The molecule has 0 spiro atoms. The van der Waals surface area contributed by atoms with Crippen LogP contribution in [0.3, 0.4) is 0 Å². The zero-order valence-electron chi connectivity index (χ0n) is 15.7. The van der Waals surface area contributed by atoms with Crippen molar-refractivity contribution in [2.45, 2.75) is 12.4 Å². The molecule has 3 aromatic rings. The van der Waals surface area contributed by atoms with Crippen molar-refractivity contribution in [2.75, 3.05) is 0 Å². The van der Waals surface area contributed by atoms with Crippen LogP contribution in [-0.4, -0.2) is 33.3 Å². The number of carbonyl (C=O) groups excluding carboxylic acids is 1. The van der Waals surface area contributed by atoms with Crippen LogP contribution in [-0.2, 0) is 0 Å². The molecule has 1 aromatic carbocycles. The van der Waals surface area contributed by atoms with Gasteiger partial charge in [0.2, 0.25) is 0 Å². The van der Waals surface area contributed by atoms with Gasteiger partial charge in [0.05, 0.1) is 6.04 Å². The normalized spacial score (nSPS) is 12.2. The summed E-state index contributed by atoms with van der Waals surface area (Å²) in [5.74, 6) is -5.78. The molecule has 0 aliphatic carbocycles. The molecule has 1 amide bonds. The second-order valence-corrected chi connectivity index (χ2v) is 6.23. The maximum absolute atomic E-state index is 14.4. The largest absolute Gasteiger partial charge is 0.573 e.